The van der Waals surface area contributed by atoms with Gasteiger partial charge < -0.3 is 11.1 Å². The number of Topliss-reactive ketones (excluding diaryl/α,β-unsaturated/α-hetero) is 1. The van der Waals surface area contributed by atoms with Crippen LogP contribution >= 0.6 is 0 Å². The number of nitrogens with one attached hydrogen (secondary N) is 2. The van der Waals surface area contributed by atoms with Crippen LogP contribution in [0.4, 0.5) is 0 Å². The van der Waals surface area contributed by atoms with E-state index in [0.29, 0.717) is 17.6 Å². The maximum Gasteiger partial charge on any atom is 0.132 e. The Kier molecular flexibility index (Phi) is 8.24. The lowest BCUT2D eigenvalue weighted by molar-refractivity contribution is -0.122. The van der Waals surface area contributed by atoms with Crippen molar-refractivity contribution in [1.82, 2.24) is 15.8 Å². The average Bonchev–Trinajstić information content (AvgIpc) is 3.16. The molecule has 1 aliphatic heterocycles. The molecule has 30 heavy (non-hydrogen) atoms. The second kappa shape index (κ2) is 10.9. The Balaban J connectivity index is 1.25. The Morgan fingerprint density at radius 2 is 1.73 bits per heavy atom. The van der Waals surface area contributed by atoms with Gasteiger partial charge in [-0.3, -0.25) is 10.2 Å². The first-order valence-corrected chi connectivity index (χ1v) is 13.1. The highest BCUT2D eigenvalue weighted by Gasteiger charge is 2.42. The van der Waals surface area contributed by atoms with Gasteiger partial charge in [0.15, 0.2) is 0 Å². The van der Waals surface area contributed by atoms with E-state index in [1.54, 1.807) is 6.92 Å². The molecule has 3 saturated carbocycles. The number of hydrogen-bond acceptors (Lipinski definition) is 5. The summed E-state index contributed by atoms with van der Waals surface area (Å²) in [4.78, 5) is 11.9. The van der Waals surface area contributed by atoms with E-state index in [2.05, 4.69) is 15.8 Å². The van der Waals surface area contributed by atoms with Gasteiger partial charge in [0.05, 0.1) is 0 Å². The molecule has 1 heterocycles. The van der Waals surface area contributed by atoms with Crippen LogP contribution in [0.1, 0.15) is 77.6 Å². The van der Waals surface area contributed by atoms with E-state index in [1.807, 2.05) is 0 Å². The Hall–Kier alpha value is -0.490. The fourth-order valence-electron chi connectivity index (χ4n) is 7.22. The van der Waals surface area contributed by atoms with E-state index in [0.717, 1.165) is 62.2 Å². The Labute approximate surface area is 184 Å². The lowest BCUT2D eigenvalue weighted by Gasteiger charge is -2.42. The van der Waals surface area contributed by atoms with Crippen molar-refractivity contribution in [3.63, 3.8) is 0 Å². The number of ketones is 1. The van der Waals surface area contributed by atoms with Gasteiger partial charge in [-0.1, -0.05) is 6.42 Å². The van der Waals surface area contributed by atoms with Crippen LogP contribution in [-0.4, -0.2) is 49.6 Å². The van der Waals surface area contributed by atoms with Crippen LogP contribution in [0.2, 0.25) is 0 Å². The molecule has 3 aliphatic carbocycles. The number of carbonyl (C=O) groups is 1. The molecule has 5 nitrogen and oxygen atoms in total. The molecule has 5 atom stereocenters. The zero-order valence-corrected chi connectivity index (χ0v) is 19.3. The largest absolute Gasteiger partial charge is 0.329 e. The minimum Gasteiger partial charge on any atom is -0.329 e. The van der Waals surface area contributed by atoms with E-state index in [4.69, 9.17) is 5.73 Å². The van der Waals surface area contributed by atoms with Crippen molar-refractivity contribution < 1.29 is 4.79 Å². The zero-order chi connectivity index (χ0) is 20.9. The summed E-state index contributed by atoms with van der Waals surface area (Å²) in [7, 11) is 0. The normalized spacial score (nSPS) is 40.3. The number of hydrogen-bond donors (Lipinski definition) is 3. The highest BCUT2D eigenvalue weighted by molar-refractivity contribution is 5.78. The van der Waals surface area contributed by atoms with E-state index in [9.17, 15) is 4.79 Å². The van der Waals surface area contributed by atoms with Gasteiger partial charge in [0.1, 0.15) is 5.78 Å². The van der Waals surface area contributed by atoms with Crippen LogP contribution in [0, 0.1) is 35.5 Å². The van der Waals surface area contributed by atoms with Crippen LogP contribution in [0.3, 0.4) is 0 Å². The number of nitrogens with two attached hydrogens (primary N) is 1. The average molecular weight is 419 g/mol. The third-order valence-corrected chi connectivity index (χ3v) is 9.08. The van der Waals surface area contributed by atoms with Crippen LogP contribution in [0.5, 0.6) is 0 Å². The molecule has 0 aromatic rings. The van der Waals surface area contributed by atoms with Crippen LogP contribution in [0.25, 0.3) is 0 Å². The molecule has 0 aromatic heterocycles. The van der Waals surface area contributed by atoms with Crippen molar-refractivity contribution in [3.8, 4) is 0 Å². The summed E-state index contributed by atoms with van der Waals surface area (Å²) in [6.45, 7) is 7.02. The maximum atomic E-state index is 11.9. The van der Waals surface area contributed by atoms with Gasteiger partial charge in [0.2, 0.25) is 0 Å². The van der Waals surface area contributed by atoms with Gasteiger partial charge >= 0.3 is 0 Å². The molecule has 4 N–H and O–H groups in total. The maximum absolute atomic E-state index is 11.9. The summed E-state index contributed by atoms with van der Waals surface area (Å²) >= 11 is 0. The SMILES string of the molecule is CC(=O)C1CCCC(CN2NCC3CCC(C4CCC(CNCCN)CC4)CC32)C1. The van der Waals surface area contributed by atoms with E-state index in [1.165, 1.54) is 70.9 Å². The fourth-order valence-corrected chi connectivity index (χ4v) is 7.22. The third kappa shape index (κ3) is 5.65. The van der Waals surface area contributed by atoms with Gasteiger partial charge in [0.25, 0.3) is 0 Å². The lowest BCUT2D eigenvalue weighted by Crippen LogP contribution is -2.45. The minimum atomic E-state index is 0.329. The summed E-state index contributed by atoms with van der Waals surface area (Å²) in [6.07, 6.45) is 14.8. The van der Waals surface area contributed by atoms with Gasteiger partial charge in [-0.2, -0.15) is 0 Å². The molecular weight excluding hydrogens is 372 g/mol. The van der Waals surface area contributed by atoms with Crippen LogP contribution in [-0.2, 0) is 4.79 Å². The Morgan fingerprint density at radius 1 is 0.967 bits per heavy atom. The second-order valence-corrected chi connectivity index (χ2v) is 11.0. The summed E-state index contributed by atoms with van der Waals surface area (Å²) < 4.78 is 0. The molecule has 0 bridgehead atoms. The Bertz CT molecular complexity index is 547. The summed E-state index contributed by atoms with van der Waals surface area (Å²) in [6, 6.07) is 0.741. The molecule has 4 rings (SSSR count). The fraction of sp³-hybridized carbons (Fsp3) is 0.960. The minimum absolute atomic E-state index is 0.329. The predicted octanol–water partition coefficient (Wildman–Crippen LogP) is 3.34. The molecule has 0 aromatic carbocycles. The van der Waals surface area contributed by atoms with Crippen molar-refractivity contribution in [2.45, 2.75) is 83.6 Å². The van der Waals surface area contributed by atoms with Crippen molar-refractivity contribution in [2.75, 3.05) is 32.7 Å². The quantitative estimate of drug-likeness (QED) is 0.528. The van der Waals surface area contributed by atoms with Gasteiger partial charge in [0, 0.05) is 38.1 Å². The zero-order valence-electron chi connectivity index (χ0n) is 19.3. The Morgan fingerprint density at radius 3 is 2.50 bits per heavy atom. The molecule has 0 radical (unpaired) electrons. The molecule has 5 unspecified atom stereocenters. The van der Waals surface area contributed by atoms with Crippen molar-refractivity contribution in [1.29, 1.82) is 0 Å². The number of nitrogens with zero attached hydrogens (tertiary/aromatic N) is 1. The van der Waals surface area contributed by atoms with E-state index in [-0.39, 0.29) is 0 Å². The molecule has 0 spiro atoms. The van der Waals surface area contributed by atoms with Gasteiger partial charge in [-0.05, 0) is 107 Å². The molecule has 172 valence electrons. The number of rotatable bonds is 8. The molecule has 5 heteroatoms. The topological polar surface area (TPSA) is 70.4 Å². The highest BCUT2D eigenvalue weighted by atomic mass is 16.1. The van der Waals surface area contributed by atoms with Crippen molar-refractivity contribution >= 4 is 5.78 Å². The monoisotopic (exact) mass is 418 g/mol. The molecule has 0 amide bonds. The number of fused-ring (bicyclic) bond motifs is 1. The van der Waals surface area contributed by atoms with E-state index >= 15 is 0 Å². The van der Waals surface area contributed by atoms with Crippen LogP contribution in [0.15, 0.2) is 0 Å². The second-order valence-electron chi connectivity index (χ2n) is 11.0. The van der Waals surface area contributed by atoms with Gasteiger partial charge in [-0.15, -0.1) is 0 Å². The first-order chi connectivity index (χ1) is 14.6. The first-order valence-electron chi connectivity index (χ1n) is 13.1. The van der Waals surface area contributed by atoms with Crippen LogP contribution < -0.4 is 16.5 Å². The van der Waals surface area contributed by atoms with E-state index < -0.39 is 0 Å². The highest BCUT2D eigenvalue weighted by Crippen LogP contribution is 2.44. The van der Waals surface area contributed by atoms with Crippen molar-refractivity contribution in [3.05, 3.63) is 0 Å². The number of carbonyl (C=O) groups excluding carboxylic acids is 1. The predicted molar refractivity (Wildman–Crippen MR) is 123 cm³/mol. The summed E-state index contributed by atoms with van der Waals surface area (Å²) in [5.74, 6) is 5.06. The van der Waals surface area contributed by atoms with Gasteiger partial charge in [-0.25, -0.2) is 5.01 Å². The summed E-state index contributed by atoms with van der Waals surface area (Å²) in [5.41, 5.74) is 9.39. The lowest BCUT2D eigenvalue weighted by atomic mass is 9.68. The molecule has 1 saturated heterocycles. The molecular formula is C25H46N4O. The third-order valence-electron chi connectivity index (χ3n) is 9.08. The number of hydrazine groups is 1. The summed E-state index contributed by atoms with van der Waals surface area (Å²) in [5, 5.41) is 6.15. The standard InChI is InChI=1S/C25H46N4O/c1-18(30)22-4-2-3-20(13-22)17-29-25-14-23(9-10-24(25)16-28-29)21-7-5-19(6-8-21)15-27-12-11-26/h19-25,27-28H,2-17,26H2,1H3. The molecule has 4 aliphatic rings. The van der Waals surface area contributed by atoms with Crippen molar-refractivity contribution in [2.24, 2.45) is 41.2 Å². The first kappa shape index (κ1) is 22.7. The smallest absolute Gasteiger partial charge is 0.132 e. The molecule has 4 fully saturated rings.